The molecule has 0 aromatic carbocycles. The van der Waals surface area contributed by atoms with Crippen LogP contribution in [0.2, 0.25) is 0 Å². The summed E-state index contributed by atoms with van der Waals surface area (Å²) in [5.41, 5.74) is -0.181. The maximum Gasteiger partial charge on any atom is 0.320 e. The van der Waals surface area contributed by atoms with Gasteiger partial charge in [0.15, 0.2) is 0 Å². The van der Waals surface area contributed by atoms with Crippen LogP contribution >= 0.6 is 0 Å². The van der Waals surface area contributed by atoms with Gasteiger partial charge in [0, 0.05) is 46.4 Å². The summed E-state index contributed by atoms with van der Waals surface area (Å²) in [6.07, 6.45) is 6.98. The molecular formula is C17H31N3O3. The molecule has 2 atom stereocenters. The molecule has 0 aliphatic carbocycles. The van der Waals surface area contributed by atoms with Gasteiger partial charge in [-0.25, -0.2) is 4.79 Å². The Labute approximate surface area is 139 Å². The maximum absolute atomic E-state index is 12.4. The smallest absolute Gasteiger partial charge is 0.320 e. The zero-order valence-corrected chi connectivity index (χ0v) is 14.4. The summed E-state index contributed by atoms with van der Waals surface area (Å²) in [6.45, 7) is 5.72. The first-order valence-electron chi connectivity index (χ1n) is 9.13. The highest BCUT2D eigenvalue weighted by atomic mass is 16.5. The van der Waals surface area contributed by atoms with Crippen molar-refractivity contribution in [3.8, 4) is 0 Å². The third-order valence-electron chi connectivity index (χ3n) is 5.42. The summed E-state index contributed by atoms with van der Waals surface area (Å²) in [5.74, 6) is 0. The predicted molar refractivity (Wildman–Crippen MR) is 88.6 cm³/mol. The molecule has 1 N–H and O–H groups in total. The molecule has 132 valence electrons. The first kappa shape index (κ1) is 17.0. The van der Waals surface area contributed by atoms with E-state index in [-0.39, 0.29) is 11.6 Å². The number of carbonyl (C=O) groups excluding carboxylic acids is 1. The average Bonchev–Trinajstić information content (AvgIpc) is 2.90. The number of fused-ring (bicyclic) bond motifs is 1. The number of hydrogen-bond donors (Lipinski definition) is 1. The van der Waals surface area contributed by atoms with Gasteiger partial charge in [0.1, 0.15) is 5.60 Å². The van der Waals surface area contributed by atoms with E-state index in [1.165, 1.54) is 19.3 Å². The van der Waals surface area contributed by atoms with Crippen LogP contribution in [0.4, 0.5) is 4.79 Å². The number of carbonyl (C=O) groups is 1. The second-order valence-electron chi connectivity index (χ2n) is 7.17. The Morgan fingerprint density at radius 3 is 3.00 bits per heavy atom. The van der Waals surface area contributed by atoms with Crippen molar-refractivity contribution in [2.24, 2.45) is 0 Å². The van der Waals surface area contributed by atoms with Gasteiger partial charge in [-0.05, 0) is 38.5 Å². The lowest BCUT2D eigenvalue weighted by molar-refractivity contribution is -0.113. The Balaban J connectivity index is 1.41. The number of ether oxygens (including phenoxy) is 2. The Morgan fingerprint density at radius 1 is 1.35 bits per heavy atom. The topological polar surface area (TPSA) is 54.0 Å². The van der Waals surface area contributed by atoms with Crippen LogP contribution in [0.25, 0.3) is 0 Å². The van der Waals surface area contributed by atoms with Gasteiger partial charge < -0.3 is 24.6 Å². The molecule has 3 heterocycles. The van der Waals surface area contributed by atoms with Crippen LogP contribution < -0.4 is 5.32 Å². The van der Waals surface area contributed by atoms with Gasteiger partial charge in [0.2, 0.25) is 0 Å². The summed E-state index contributed by atoms with van der Waals surface area (Å²) in [4.78, 5) is 16.5. The predicted octanol–water partition coefficient (Wildman–Crippen LogP) is 1.45. The summed E-state index contributed by atoms with van der Waals surface area (Å²) in [7, 11) is 1.73. The molecule has 2 unspecified atom stereocenters. The highest BCUT2D eigenvalue weighted by Crippen LogP contribution is 2.26. The van der Waals surface area contributed by atoms with Gasteiger partial charge in [0.05, 0.1) is 12.6 Å². The van der Waals surface area contributed by atoms with E-state index in [2.05, 4.69) is 10.2 Å². The molecular weight excluding hydrogens is 294 g/mol. The number of piperidine rings is 1. The fourth-order valence-electron chi connectivity index (χ4n) is 4.15. The number of nitrogens with one attached hydrogen (secondary N) is 1. The molecule has 23 heavy (non-hydrogen) atoms. The molecule has 0 aromatic rings. The standard InChI is InChI=1S/C17H31N3O3/c1-22-14-17(7-3-5-11-23-17)13-18-8-10-19-12-15-6-2-4-9-20(15)16(19)21/h15,18H,2-14H2,1H3. The van der Waals surface area contributed by atoms with Crippen LogP contribution in [0.15, 0.2) is 0 Å². The molecule has 3 rings (SSSR count). The minimum absolute atomic E-state index is 0.181. The van der Waals surface area contributed by atoms with Crippen molar-refractivity contribution in [2.75, 3.05) is 53.0 Å². The Bertz CT molecular complexity index is 393. The highest BCUT2D eigenvalue weighted by Gasteiger charge is 2.38. The van der Waals surface area contributed by atoms with Crippen LogP contribution in [-0.4, -0.2) is 80.5 Å². The molecule has 0 bridgehead atoms. The summed E-state index contributed by atoms with van der Waals surface area (Å²) in [5, 5.41) is 3.49. The molecule has 3 saturated heterocycles. The molecule has 0 radical (unpaired) electrons. The summed E-state index contributed by atoms with van der Waals surface area (Å²) in [6, 6.07) is 0.690. The number of methoxy groups -OCH3 is 1. The first-order chi connectivity index (χ1) is 11.2. The zero-order chi connectivity index (χ0) is 16.1. The molecule has 3 fully saturated rings. The molecule has 0 spiro atoms. The molecule has 6 heteroatoms. The molecule has 0 aromatic heterocycles. The normalized spacial score (nSPS) is 31.5. The minimum Gasteiger partial charge on any atom is -0.382 e. The van der Waals surface area contributed by atoms with Crippen LogP contribution in [0, 0.1) is 0 Å². The van der Waals surface area contributed by atoms with E-state index in [0.29, 0.717) is 12.6 Å². The molecule has 3 aliphatic rings. The first-order valence-corrected chi connectivity index (χ1v) is 9.13. The number of nitrogens with zero attached hydrogens (tertiary/aromatic N) is 2. The average molecular weight is 325 g/mol. The highest BCUT2D eigenvalue weighted by molar-refractivity contribution is 5.77. The van der Waals surface area contributed by atoms with Crippen molar-refractivity contribution in [1.29, 1.82) is 0 Å². The van der Waals surface area contributed by atoms with E-state index in [0.717, 1.165) is 58.6 Å². The van der Waals surface area contributed by atoms with Crippen LogP contribution in [-0.2, 0) is 9.47 Å². The molecule has 0 saturated carbocycles. The van der Waals surface area contributed by atoms with Crippen molar-refractivity contribution < 1.29 is 14.3 Å². The molecule has 3 aliphatic heterocycles. The van der Waals surface area contributed by atoms with E-state index in [9.17, 15) is 4.79 Å². The second kappa shape index (κ2) is 7.81. The second-order valence-corrected chi connectivity index (χ2v) is 7.17. The number of rotatable bonds is 7. The largest absolute Gasteiger partial charge is 0.382 e. The van der Waals surface area contributed by atoms with Gasteiger partial charge in [-0.1, -0.05) is 0 Å². The fourth-order valence-corrected chi connectivity index (χ4v) is 4.15. The number of hydrogen-bond acceptors (Lipinski definition) is 4. The van der Waals surface area contributed by atoms with Gasteiger partial charge >= 0.3 is 6.03 Å². The quantitative estimate of drug-likeness (QED) is 0.720. The van der Waals surface area contributed by atoms with Gasteiger partial charge in [-0.3, -0.25) is 0 Å². The number of urea groups is 1. The van der Waals surface area contributed by atoms with E-state index in [1.54, 1.807) is 7.11 Å². The third kappa shape index (κ3) is 3.98. The van der Waals surface area contributed by atoms with E-state index in [4.69, 9.17) is 9.47 Å². The summed E-state index contributed by atoms with van der Waals surface area (Å²) >= 11 is 0. The lowest BCUT2D eigenvalue weighted by Crippen LogP contribution is -2.50. The van der Waals surface area contributed by atoms with Crippen LogP contribution in [0.5, 0.6) is 0 Å². The molecule has 2 amide bonds. The molecule has 6 nitrogen and oxygen atoms in total. The minimum atomic E-state index is -0.181. The Hall–Kier alpha value is -0.850. The Kier molecular flexibility index (Phi) is 5.77. The van der Waals surface area contributed by atoms with Crippen LogP contribution in [0.1, 0.15) is 38.5 Å². The van der Waals surface area contributed by atoms with Gasteiger partial charge in [-0.15, -0.1) is 0 Å². The maximum atomic E-state index is 12.4. The van der Waals surface area contributed by atoms with Crippen molar-refractivity contribution in [3.63, 3.8) is 0 Å². The van der Waals surface area contributed by atoms with Crippen molar-refractivity contribution in [2.45, 2.75) is 50.2 Å². The lowest BCUT2D eigenvalue weighted by atomic mass is 9.94. The zero-order valence-electron chi connectivity index (χ0n) is 14.4. The monoisotopic (exact) mass is 325 g/mol. The number of amides is 2. The Morgan fingerprint density at radius 2 is 2.26 bits per heavy atom. The third-order valence-corrected chi connectivity index (χ3v) is 5.42. The van der Waals surface area contributed by atoms with Crippen molar-refractivity contribution >= 4 is 6.03 Å². The van der Waals surface area contributed by atoms with E-state index in [1.807, 2.05) is 4.90 Å². The van der Waals surface area contributed by atoms with E-state index >= 15 is 0 Å². The van der Waals surface area contributed by atoms with Gasteiger partial charge in [-0.2, -0.15) is 0 Å². The SMILES string of the molecule is COCC1(CNCCN2CC3CCCCN3C2=O)CCCCO1. The van der Waals surface area contributed by atoms with E-state index < -0.39 is 0 Å². The van der Waals surface area contributed by atoms with Gasteiger partial charge in [0.25, 0.3) is 0 Å². The lowest BCUT2D eigenvalue weighted by Gasteiger charge is -2.37. The van der Waals surface area contributed by atoms with Crippen molar-refractivity contribution in [1.82, 2.24) is 15.1 Å². The fraction of sp³-hybridized carbons (Fsp3) is 0.941. The van der Waals surface area contributed by atoms with Crippen LogP contribution in [0.3, 0.4) is 0 Å². The summed E-state index contributed by atoms with van der Waals surface area (Å²) < 4.78 is 11.4. The van der Waals surface area contributed by atoms with Crippen molar-refractivity contribution in [3.05, 3.63) is 0 Å².